The largest absolute Gasteiger partial charge is 0.309 e. The lowest BCUT2D eigenvalue weighted by molar-refractivity contribution is 1.18. The average molecular weight is 673 g/mol. The third-order valence-corrected chi connectivity index (χ3v) is 10.7. The van der Waals surface area contributed by atoms with E-state index in [2.05, 4.69) is 199 Å². The molecule has 2 heteroatoms. The highest BCUT2D eigenvalue weighted by molar-refractivity contribution is 6.22. The van der Waals surface area contributed by atoms with Gasteiger partial charge in [0.15, 0.2) is 0 Å². The second-order valence-electron chi connectivity index (χ2n) is 13.5. The molecule has 0 bridgehead atoms. The molecule has 2 nitrogen and oxygen atoms in total. The molecule has 0 N–H and O–H groups in total. The number of hydrogen-bond donors (Lipinski definition) is 0. The monoisotopic (exact) mass is 672 g/mol. The summed E-state index contributed by atoms with van der Waals surface area (Å²) in [4.78, 5) is 0. The summed E-state index contributed by atoms with van der Waals surface area (Å²) in [6, 6.07) is 71.4. The number of para-hydroxylation sites is 2. The molecule has 9 aromatic carbocycles. The Labute approximate surface area is 308 Å². The molecule has 10 rings (SSSR count). The van der Waals surface area contributed by atoms with Crippen molar-refractivity contribution < 1.29 is 0 Å². The molecule has 53 heavy (non-hydrogen) atoms. The lowest BCUT2D eigenvalue weighted by atomic mass is 9.83. The Morgan fingerprint density at radius 2 is 0.811 bits per heavy atom. The number of fused-ring (bicyclic) bond motifs is 5. The van der Waals surface area contributed by atoms with Crippen LogP contribution in [0.25, 0.3) is 93.5 Å². The van der Waals surface area contributed by atoms with E-state index < -0.39 is 0 Å². The molecule has 0 unspecified atom stereocenters. The van der Waals surface area contributed by atoms with Gasteiger partial charge in [-0.15, -0.1) is 0 Å². The molecular formula is C51H32N2. The van der Waals surface area contributed by atoms with Crippen LogP contribution in [0.1, 0.15) is 5.56 Å². The van der Waals surface area contributed by atoms with Crippen LogP contribution in [0, 0.1) is 11.3 Å². The fourth-order valence-electron chi connectivity index (χ4n) is 8.33. The zero-order valence-electron chi connectivity index (χ0n) is 28.9. The van der Waals surface area contributed by atoms with Crippen molar-refractivity contribution in [3.8, 4) is 56.3 Å². The van der Waals surface area contributed by atoms with E-state index in [4.69, 9.17) is 0 Å². The second-order valence-corrected chi connectivity index (χ2v) is 13.5. The molecule has 0 aliphatic heterocycles. The van der Waals surface area contributed by atoms with Gasteiger partial charge in [-0.3, -0.25) is 0 Å². The van der Waals surface area contributed by atoms with Gasteiger partial charge in [0.25, 0.3) is 0 Å². The molecule has 0 aliphatic carbocycles. The van der Waals surface area contributed by atoms with E-state index in [1.54, 1.807) is 0 Å². The smallest absolute Gasteiger partial charge is 0.0998 e. The first-order valence-electron chi connectivity index (χ1n) is 18.0. The maximum atomic E-state index is 10.3. The Bertz CT molecular complexity index is 2940. The van der Waals surface area contributed by atoms with Crippen LogP contribution in [0.5, 0.6) is 0 Å². The van der Waals surface area contributed by atoms with E-state index in [-0.39, 0.29) is 0 Å². The van der Waals surface area contributed by atoms with Gasteiger partial charge in [0, 0.05) is 22.0 Å². The lowest BCUT2D eigenvalue weighted by Gasteiger charge is -2.20. The molecule has 10 aromatic rings. The molecule has 0 saturated carbocycles. The van der Waals surface area contributed by atoms with E-state index in [0.717, 1.165) is 33.5 Å². The van der Waals surface area contributed by atoms with Crippen LogP contribution < -0.4 is 0 Å². The van der Waals surface area contributed by atoms with Crippen molar-refractivity contribution in [2.75, 3.05) is 0 Å². The van der Waals surface area contributed by atoms with E-state index in [1.807, 2.05) is 6.07 Å². The minimum Gasteiger partial charge on any atom is -0.309 e. The third-order valence-electron chi connectivity index (χ3n) is 10.7. The summed E-state index contributed by atoms with van der Waals surface area (Å²) >= 11 is 0. The van der Waals surface area contributed by atoms with Gasteiger partial charge in [-0.25, -0.2) is 0 Å². The number of rotatable bonds is 5. The van der Waals surface area contributed by atoms with Crippen molar-refractivity contribution >= 4 is 43.4 Å². The number of nitrogens with zero attached hydrogens (tertiary/aromatic N) is 2. The fourth-order valence-corrected chi connectivity index (χ4v) is 8.33. The summed E-state index contributed by atoms with van der Waals surface area (Å²) in [5, 5.41) is 17.7. The molecule has 1 heterocycles. The number of aromatic nitrogens is 1. The van der Waals surface area contributed by atoms with Gasteiger partial charge in [-0.05, 0) is 96.9 Å². The molecule has 0 aliphatic rings. The maximum Gasteiger partial charge on any atom is 0.0998 e. The average Bonchev–Trinajstić information content (AvgIpc) is 3.57. The predicted molar refractivity (Wildman–Crippen MR) is 222 cm³/mol. The van der Waals surface area contributed by atoms with Crippen LogP contribution in [0.3, 0.4) is 0 Å². The van der Waals surface area contributed by atoms with Gasteiger partial charge in [0.05, 0.1) is 22.7 Å². The minimum atomic E-state index is 0.652. The highest BCUT2D eigenvalue weighted by Crippen LogP contribution is 2.46. The fraction of sp³-hybridized carbons (Fsp3) is 0. The first kappa shape index (κ1) is 30.6. The van der Waals surface area contributed by atoms with Crippen molar-refractivity contribution in [2.24, 2.45) is 0 Å². The highest BCUT2D eigenvalue weighted by atomic mass is 15.0. The summed E-state index contributed by atoms with van der Waals surface area (Å²) < 4.78 is 2.32. The Hall–Kier alpha value is -7.21. The molecule has 0 spiro atoms. The Kier molecular flexibility index (Phi) is 7.23. The lowest BCUT2D eigenvalue weighted by Crippen LogP contribution is -1.95. The number of nitriles is 1. The summed E-state index contributed by atoms with van der Waals surface area (Å²) in [6.45, 7) is 0. The SMILES string of the molecule is N#Cc1ccc(-c2ccccc2-c2c3ccccc3c(-c3ccccc3)c3ccccc23)cc1-c1ccc(-n2c3ccccc3c3ccccc32)cc1. The number of hydrogen-bond acceptors (Lipinski definition) is 1. The van der Waals surface area contributed by atoms with Gasteiger partial charge < -0.3 is 4.57 Å². The predicted octanol–water partition coefficient (Wildman–Crippen LogP) is 13.6. The minimum absolute atomic E-state index is 0.652. The quantitative estimate of drug-likeness (QED) is 0.167. The Morgan fingerprint density at radius 1 is 0.340 bits per heavy atom. The maximum absolute atomic E-state index is 10.3. The molecule has 0 saturated heterocycles. The first-order valence-corrected chi connectivity index (χ1v) is 18.0. The van der Waals surface area contributed by atoms with Crippen LogP contribution in [0.15, 0.2) is 194 Å². The van der Waals surface area contributed by atoms with Crippen molar-refractivity contribution in [1.82, 2.24) is 4.57 Å². The van der Waals surface area contributed by atoms with Crippen LogP contribution in [-0.2, 0) is 0 Å². The van der Waals surface area contributed by atoms with Gasteiger partial charge in [-0.1, -0.05) is 158 Å². The van der Waals surface area contributed by atoms with Gasteiger partial charge in [0.2, 0.25) is 0 Å². The molecular weight excluding hydrogens is 641 g/mol. The van der Waals surface area contributed by atoms with Gasteiger partial charge in [0.1, 0.15) is 0 Å². The molecule has 1 aromatic heterocycles. The van der Waals surface area contributed by atoms with Crippen LogP contribution >= 0.6 is 0 Å². The molecule has 0 atom stereocenters. The van der Waals surface area contributed by atoms with E-state index in [9.17, 15) is 5.26 Å². The van der Waals surface area contributed by atoms with Crippen LogP contribution in [0.4, 0.5) is 0 Å². The normalized spacial score (nSPS) is 11.4. The van der Waals surface area contributed by atoms with Gasteiger partial charge >= 0.3 is 0 Å². The molecule has 0 amide bonds. The van der Waals surface area contributed by atoms with Crippen molar-refractivity contribution in [3.05, 3.63) is 200 Å². The van der Waals surface area contributed by atoms with Crippen molar-refractivity contribution in [3.63, 3.8) is 0 Å². The van der Waals surface area contributed by atoms with Crippen molar-refractivity contribution in [2.45, 2.75) is 0 Å². The molecule has 0 radical (unpaired) electrons. The first-order chi connectivity index (χ1) is 26.3. The summed E-state index contributed by atoms with van der Waals surface area (Å²) in [6.07, 6.45) is 0. The zero-order chi connectivity index (χ0) is 35.3. The highest BCUT2D eigenvalue weighted by Gasteiger charge is 2.19. The molecule has 246 valence electrons. The third kappa shape index (κ3) is 4.94. The summed E-state index contributed by atoms with van der Waals surface area (Å²) in [5.74, 6) is 0. The van der Waals surface area contributed by atoms with E-state index in [0.29, 0.717) is 5.56 Å². The van der Waals surface area contributed by atoms with Crippen LogP contribution in [0.2, 0.25) is 0 Å². The summed E-state index contributed by atoms with van der Waals surface area (Å²) in [5.41, 5.74) is 13.1. The zero-order valence-corrected chi connectivity index (χ0v) is 28.9. The van der Waals surface area contributed by atoms with Crippen LogP contribution in [-0.4, -0.2) is 4.57 Å². The number of benzene rings is 9. The second kappa shape index (κ2) is 12.5. The summed E-state index contributed by atoms with van der Waals surface area (Å²) in [7, 11) is 0. The topological polar surface area (TPSA) is 28.7 Å². The van der Waals surface area contributed by atoms with E-state index >= 15 is 0 Å². The van der Waals surface area contributed by atoms with Crippen molar-refractivity contribution in [1.29, 1.82) is 5.26 Å². The Morgan fingerprint density at radius 3 is 1.40 bits per heavy atom. The Balaban J connectivity index is 1.14. The van der Waals surface area contributed by atoms with Gasteiger partial charge in [-0.2, -0.15) is 5.26 Å². The van der Waals surface area contributed by atoms with E-state index in [1.165, 1.54) is 60.0 Å². The standard InChI is InChI=1S/C51H32N2/c52-33-37-27-26-36(32-47(37)34-28-30-38(31-29-34)53-48-24-12-10-17-40(48)41-18-11-13-25-49(41)53)39-16-4-5-19-42(39)51-45-22-8-6-20-43(45)50(35-14-2-1-3-15-35)44-21-7-9-23-46(44)51/h1-32H. The molecule has 0 fully saturated rings.